The predicted octanol–water partition coefficient (Wildman–Crippen LogP) is 3.09. The van der Waals surface area contributed by atoms with Crippen LogP contribution < -0.4 is 34.5 Å². The van der Waals surface area contributed by atoms with Crippen LogP contribution in [-0.4, -0.2) is 64.0 Å². The molecule has 0 saturated heterocycles. The molecule has 4 rings (SSSR count). The summed E-state index contributed by atoms with van der Waals surface area (Å²) < 4.78 is 176. The van der Waals surface area contributed by atoms with Gasteiger partial charge in [0.1, 0.15) is 12.5 Å². The number of nitrogens with zero attached hydrogens (tertiary/aromatic N) is 4. The highest BCUT2D eigenvalue weighted by molar-refractivity contribution is 7.46. The number of fused-ring (bicyclic) bond motifs is 1. The lowest BCUT2D eigenvalue weighted by Gasteiger charge is -2.37. The summed E-state index contributed by atoms with van der Waals surface area (Å²) in [6, 6.07) is -4.32. The summed E-state index contributed by atoms with van der Waals surface area (Å²) in [5.74, 6) is -11.6. The van der Waals surface area contributed by atoms with E-state index in [0.29, 0.717) is 0 Å². The zero-order valence-corrected chi connectivity index (χ0v) is 20.8. The number of hydrogen-bond donors (Lipinski definition) is 4. The van der Waals surface area contributed by atoms with Crippen molar-refractivity contribution in [2.24, 2.45) is 0 Å². The molecule has 0 aliphatic carbocycles. The van der Waals surface area contributed by atoms with Crippen molar-refractivity contribution in [3.05, 3.63) is 36.2 Å². The maximum atomic E-state index is 15.4. The summed E-state index contributed by atoms with van der Waals surface area (Å²) in [7, 11) is -16.1. The first-order chi connectivity index (χ1) is 25.1. The van der Waals surface area contributed by atoms with Gasteiger partial charge in [-0.1, -0.05) is 0 Å². The Morgan fingerprint density at radius 1 is 1.18 bits per heavy atom. The quantitative estimate of drug-likeness (QED) is 0.250. The molecule has 1 aliphatic rings. The van der Waals surface area contributed by atoms with E-state index >= 15 is 4.39 Å². The van der Waals surface area contributed by atoms with Crippen molar-refractivity contribution in [1.29, 1.82) is 0 Å². The number of hydrogen-bond acceptors (Lipinski definition) is 12. The number of carbonyl (C=O) groups is 1. The van der Waals surface area contributed by atoms with Crippen LogP contribution in [0.5, 0.6) is 23.0 Å². The number of aromatic nitrogens is 3. The van der Waals surface area contributed by atoms with Gasteiger partial charge in [0, 0.05) is 17.8 Å². The van der Waals surface area contributed by atoms with Gasteiger partial charge >= 0.3 is 7.82 Å². The van der Waals surface area contributed by atoms with Crippen molar-refractivity contribution < 1.29 is 68.9 Å². The smallest absolute Gasteiger partial charge is 0.471 e. The fourth-order valence-electron chi connectivity index (χ4n) is 2.95. The zero-order chi connectivity index (χ0) is 42.9. The van der Waals surface area contributed by atoms with Gasteiger partial charge in [-0.2, -0.15) is 4.98 Å². The summed E-state index contributed by atoms with van der Waals surface area (Å²) in [5.41, 5.74) is -3.02. The van der Waals surface area contributed by atoms with E-state index in [9.17, 15) is 19.1 Å². The van der Waals surface area contributed by atoms with Crippen LogP contribution in [0.25, 0.3) is 0 Å². The zero-order valence-electron chi connectivity index (χ0n) is 35.9. The molecular formula is C23H26FN6O9P. The van der Waals surface area contributed by atoms with Crippen molar-refractivity contribution in [3.8, 4) is 23.0 Å². The molecule has 40 heavy (non-hydrogen) atoms. The number of methoxy groups -OCH3 is 3. The molecule has 3 heterocycles. The first kappa shape index (κ1) is 14.4. The fraction of sp³-hybridized carbons (Fsp3) is 0.304. The normalized spacial score (nSPS) is 21.3. The van der Waals surface area contributed by atoms with Gasteiger partial charge in [0.2, 0.25) is 11.7 Å². The van der Waals surface area contributed by atoms with Gasteiger partial charge in [0.05, 0.1) is 49.2 Å². The van der Waals surface area contributed by atoms with Gasteiger partial charge in [0.25, 0.3) is 5.91 Å². The average molecular weight is 597 g/mol. The van der Waals surface area contributed by atoms with E-state index in [-0.39, 0.29) is 4.90 Å². The van der Waals surface area contributed by atoms with Gasteiger partial charge in [-0.3, -0.25) is 14.2 Å². The van der Waals surface area contributed by atoms with Gasteiger partial charge in [-0.05, 0) is 25.9 Å². The van der Waals surface area contributed by atoms with Gasteiger partial charge in [-0.15, -0.1) is 0 Å². The van der Waals surface area contributed by atoms with E-state index in [1.54, 1.807) is 0 Å². The van der Waals surface area contributed by atoms with Gasteiger partial charge in [0.15, 0.2) is 40.3 Å². The first-order valence-corrected chi connectivity index (χ1v) is 11.8. The lowest BCUT2D eigenvalue weighted by Crippen LogP contribution is -2.53. The Morgan fingerprint density at radius 2 is 1.88 bits per heavy atom. The summed E-state index contributed by atoms with van der Waals surface area (Å²) in [6.07, 6.45) is -1.29. The van der Waals surface area contributed by atoms with Gasteiger partial charge < -0.3 is 39.4 Å². The van der Waals surface area contributed by atoms with Crippen LogP contribution in [0, 0.1) is 5.82 Å². The second-order valence-electron chi connectivity index (χ2n) is 7.78. The highest BCUT2D eigenvalue weighted by atomic mass is 31.2. The molecule has 0 spiro atoms. The number of phosphoric ester groups is 1. The minimum atomic E-state index is -5.68. The molecule has 4 N–H and O–H groups in total. The molecule has 0 atom stereocenters. The second kappa shape index (κ2) is 11.1. The SMILES string of the molecule is [2H]c1nc(Nc2c([2H])c(OC([2H])([2H])[2H])c(OC([2H])([2H])[2H])c(OC([2H])([2H])[2H])c2[2H])nc(Nc2nc3c(c([2H])c2[2H])OC(C)(C)C(=O)N3C([2H])([2H])OP(=O)(O)O)c1F. The lowest BCUT2D eigenvalue weighted by atomic mass is 10.1. The Hall–Kier alpha value is -4.24. The van der Waals surface area contributed by atoms with E-state index in [1.807, 2.05) is 0 Å². The molecule has 1 amide bonds. The van der Waals surface area contributed by atoms with E-state index in [0.717, 1.165) is 13.8 Å². The van der Waals surface area contributed by atoms with Crippen molar-refractivity contribution in [3.63, 3.8) is 0 Å². The molecule has 3 aromatic rings. The minimum absolute atomic E-state index is 0.0319. The van der Waals surface area contributed by atoms with Crippen molar-refractivity contribution in [2.45, 2.75) is 19.4 Å². The van der Waals surface area contributed by atoms with E-state index in [1.165, 1.54) is 0 Å². The Balaban J connectivity index is 1.91. The highest BCUT2D eigenvalue weighted by Gasteiger charge is 2.42. The number of halogens is 1. The third-order valence-electron chi connectivity index (χ3n) is 4.61. The number of ether oxygens (including phenoxy) is 4. The molecule has 0 saturated carbocycles. The molecule has 214 valence electrons. The van der Waals surface area contributed by atoms with Crippen LogP contribution in [0.4, 0.5) is 33.5 Å². The number of amides is 1. The first-order valence-electron chi connectivity index (χ1n) is 18.3. The molecule has 1 aliphatic heterocycles. The summed E-state index contributed by atoms with van der Waals surface area (Å²) in [4.78, 5) is 42.8. The van der Waals surface area contributed by atoms with E-state index in [4.69, 9.17) is 40.9 Å². The molecule has 0 radical (unpaired) electrons. The van der Waals surface area contributed by atoms with Crippen LogP contribution in [0.3, 0.4) is 0 Å². The third kappa shape index (κ3) is 6.15. The monoisotopic (exact) mass is 596 g/mol. The number of carbonyl (C=O) groups excluding carboxylic acids is 1. The number of rotatable bonds is 10. The molecule has 1 aromatic carbocycles. The summed E-state index contributed by atoms with van der Waals surface area (Å²) in [6.45, 7) is -1.53. The number of anilines is 5. The maximum absolute atomic E-state index is 15.4. The average Bonchev–Trinajstić information content (AvgIpc) is 2.98. The van der Waals surface area contributed by atoms with Crippen LogP contribution in [0.1, 0.15) is 35.8 Å². The van der Waals surface area contributed by atoms with Crippen LogP contribution in [-0.2, 0) is 13.9 Å². The number of benzene rings is 1. The number of nitrogens with one attached hydrogen (secondary N) is 2. The van der Waals surface area contributed by atoms with E-state index in [2.05, 4.69) is 30.1 Å². The molecule has 0 unspecified atom stereocenters. The summed E-state index contributed by atoms with van der Waals surface area (Å²) >= 11 is 0. The molecule has 15 nitrogen and oxygen atoms in total. The molecule has 0 bridgehead atoms. The second-order valence-corrected chi connectivity index (χ2v) is 8.94. The van der Waals surface area contributed by atoms with Crippen molar-refractivity contribution >= 4 is 42.8 Å². The van der Waals surface area contributed by atoms with Gasteiger partial charge in [-0.25, -0.2) is 18.9 Å². The fourth-order valence-corrected chi connectivity index (χ4v) is 3.14. The maximum Gasteiger partial charge on any atom is 0.471 e. The minimum Gasteiger partial charge on any atom is -0.493 e. The topological polar surface area (TPSA) is 187 Å². The Labute approximate surface area is 249 Å². The number of phosphoric acid groups is 1. The van der Waals surface area contributed by atoms with Crippen LogP contribution in [0.2, 0.25) is 0 Å². The Kier molecular flexibility index (Phi) is 4.00. The molecular weight excluding hydrogens is 554 g/mol. The van der Waals surface area contributed by atoms with E-state index < -0.39 is 135 Å². The predicted molar refractivity (Wildman–Crippen MR) is 139 cm³/mol. The Bertz CT molecular complexity index is 2090. The van der Waals surface area contributed by atoms with Crippen LogP contribution in [0.15, 0.2) is 30.3 Å². The summed E-state index contributed by atoms with van der Waals surface area (Å²) in [5, 5.41) is 4.27. The molecule has 0 fully saturated rings. The van der Waals surface area contributed by atoms with Crippen LogP contribution >= 0.6 is 7.82 Å². The molecule has 17 heteroatoms. The Morgan fingerprint density at radius 3 is 2.52 bits per heavy atom. The highest BCUT2D eigenvalue weighted by Crippen LogP contribution is 2.42. The van der Waals surface area contributed by atoms with Crippen molar-refractivity contribution in [1.82, 2.24) is 15.0 Å². The standard InChI is InChI=1S/C23H26FN6O9P/c1-23(2)21(31)30(11-38-40(32,33)34)20-14(39-23)6-7-17(28-20)27-19-13(24)10-25-22(29-19)26-12-8-15(35-3)18(37-5)16(9-12)36-4/h6-10H,11H2,1-5H3,(H2,32,33,34)(H2,25,26,27,28,29)/i3D3,4D3,5D3,6D,7D,8D,9D,10D,11D2. The number of pyridine rings is 1. The third-order valence-corrected chi connectivity index (χ3v) is 4.93. The lowest BCUT2D eigenvalue weighted by molar-refractivity contribution is -0.133. The van der Waals surface area contributed by atoms with Crippen molar-refractivity contribution in [2.75, 3.05) is 43.3 Å². The molecule has 2 aromatic heterocycles. The largest absolute Gasteiger partial charge is 0.493 e.